The predicted molar refractivity (Wildman–Crippen MR) is 158 cm³/mol. The molecular formula is C31H33FN8O2. The van der Waals surface area contributed by atoms with Crippen molar-refractivity contribution < 1.29 is 9.18 Å². The van der Waals surface area contributed by atoms with Crippen molar-refractivity contribution >= 4 is 17.9 Å². The first-order valence-electron chi connectivity index (χ1n) is 14.7. The number of rotatable bonds is 5. The molecule has 1 atom stereocenters. The highest BCUT2D eigenvalue weighted by Crippen LogP contribution is 2.40. The van der Waals surface area contributed by atoms with Gasteiger partial charge in [-0.25, -0.2) is 14.1 Å². The number of nitrogens with one attached hydrogen (secondary N) is 2. The molecule has 3 aromatic heterocycles. The number of hydrogen-bond acceptors (Lipinski definition) is 6. The molecule has 1 aliphatic carbocycles. The summed E-state index contributed by atoms with van der Waals surface area (Å²) in [5.41, 5.74) is 9.81. The van der Waals surface area contributed by atoms with Crippen molar-refractivity contribution in [2.45, 2.75) is 70.0 Å². The van der Waals surface area contributed by atoms with E-state index in [1.807, 2.05) is 15.4 Å². The van der Waals surface area contributed by atoms with E-state index >= 15 is 4.39 Å². The van der Waals surface area contributed by atoms with Crippen LogP contribution in [0.1, 0.15) is 84.5 Å². The Balaban J connectivity index is 1.22. The maximum atomic E-state index is 15.8. The highest BCUT2D eigenvalue weighted by Gasteiger charge is 2.30. The molecule has 216 valence electrons. The summed E-state index contributed by atoms with van der Waals surface area (Å²) in [4.78, 5) is 31.4. The third kappa shape index (κ3) is 4.44. The summed E-state index contributed by atoms with van der Waals surface area (Å²) in [6, 6.07) is 11.9. The quantitative estimate of drug-likeness (QED) is 0.324. The molecule has 1 amide bonds. The normalized spacial score (nSPS) is 18.3. The van der Waals surface area contributed by atoms with Crippen LogP contribution in [-0.2, 0) is 13.0 Å². The lowest BCUT2D eigenvalue weighted by atomic mass is 9.87. The van der Waals surface area contributed by atoms with E-state index in [1.165, 1.54) is 17.2 Å². The molecule has 1 unspecified atom stereocenters. The van der Waals surface area contributed by atoms with Gasteiger partial charge in [0.2, 0.25) is 0 Å². The fraction of sp³-hybridized carbons (Fsp3) is 0.355. The Bertz CT molecular complexity index is 1750. The molecule has 2 aliphatic heterocycles. The summed E-state index contributed by atoms with van der Waals surface area (Å²) in [5.74, 6) is -0.253. The van der Waals surface area contributed by atoms with E-state index in [0.717, 1.165) is 44.2 Å². The van der Waals surface area contributed by atoms with Crippen LogP contribution in [0.15, 0.2) is 58.6 Å². The first kappa shape index (κ1) is 26.4. The van der Waals surface area contributed by atoms with E-state index < -0.39 is 23.4 Å². The summed E-state index contributed by atoms with van der Waals surface area (Å²) < 4.78 is 20.9. The number of benzene rings is 1. The van der Waals surface area contributed by atoms with Crippen molar-refractivity contribution in [3.8, 4) is 16.9 Å². The third-order valence-corrected chi connectivity index (χ3v) is 8.68. The van der Waals surface area contributed by atoms with E-state index in [4.69, 9.17) is 5.73 Å². The maximum Gasteiger partial charge on any atom is 0.285 e. The molecule has 4 N–H and O–H groups in total. The number of nitrogens with zero attached hydrogens (tertiary/aromatic N) is 5. The van der Waals surface area contributed by atoms with Gasteiger partial charge in [-0.05, 0) is 68.5 Å². The van der Waals surface area contributed by atoms with Gasteiger partial charge in [-0.1, -0.05) is 25.3 Å². The fourth-order valence-electron chi connectivity index (χ4n) is 6.69. The van der Waals surface area contributed by atoms with E-state index in [-0.39, 0.29) is 11.3 Å². The number of aromatic nitrogens is 4. The number of fused-ring (bicyclic) bond motifs is 2. The Labute approximate surface area is 242 Å². The SMILES string of the molecule is NC1NC=Nn2c(C3CCCCC3)cc(-c3ccc(NC(=O)c4c5n(n(-c6ccccn6)c4=O)CCCC5)cc3F)c21. The topological polar surface area (TPSA) is 124 Å². The first-order valence-corrected chi connectivity index (χ1v) is 14.7. The van der Waals surface area contributed by atoms with Gasteiger partial charge in [0.25, 0.3) is 11.5 Å². The molecule has 4 aromatic rings. The second-order valence-electron chi connectivity index (χ2n) is 11.3. The molecule has 10 nitrogen and oxygen atoms in total. The molecule has 0 saturated heterocycles. The minimum absolute atomic E-state index is 0.0679. The molecule has 42 heavy (non-hydrogen) atoms. The van der Waals surface area contributed by atoms with Crippen molar-refractivity contribution in [2.24, 2.45) is 10.8 Å². The molecule has 1 saturated carbocycles. The lowest BCUT2D eigenvalue weighted by molar-refractivity contribution is 0.102. The van der Waals surface area contributed by atoms with Crippen LogP contribution < -0.4 is 21.9 Å². The van der Waals surface area contributed by atoms with Crippen LogP contribution in [0.25, 0.3) is 16.9 Å². The summed E-state index contributed by atoms with van der Waals surface area (Å²) in [6.45, 7) is 0.615. The van der Waals surface area contributed by atoms with Gasteiger partial charge in [-0.3, -0.25) is 14.3 Å². The highest BCUT2D eigenvalue weighted by molar-refractivity contribution is 6.05. The second-order valence-corrected chi connectivity index (χ2v) is 11.3. The van der Waals surface area contributed by atoms with Gasteiger partial charge >= 0.3 is 0 Å². The Kier molecular flexibility index (Phi) is 6.73. The average molecular weight is 569 g/mol. The van der Waals surface area contributed by atoms with Crippen LogP contribution in [0.2, 0.25) is 0 Å². The van der Waals surface area contributed by atoms with Crippen LogP contribution in [-0.4, -0.2) is 31.3 Å². The van der Waals surface area contributed by atoms with Crippen molar-refractivity contribution in [1.82, 2.24) is 24.3 Å². The standard InChI is InChI=1S/C31H33FN8O2/c32-23-16-20(37-30(41)27-24-10-5-7-15-38(24)40(31(27)42)26-11-4-6-14-34-26)12-13-21(23)22-17-25(19-8-2-1-3-9-19)39-28(22)29(33)35-18-36-39/h4,6,11-14,16-19,29H,1-3,5,7-10,15,33H2,(H,35,36)(H,37,41). The van der Waals surface area contributed by atoms with Crippen molar-refractivity contribution in [3.05, 3.63) is 87.5 Å². The molecule has 7 rings (SSSR count). The number of halogens is 1. The molecular weight excluding hydrogens is 535 g/mol. The smallest absolute Gasteiger partial charge is 0.285 e. The molecule has 0 bridgehead atoms. The summed E-state index contributed by atoms with van der Waals surface area (Å²) >= 11 is 0. The van der Waals surface area contributed by atoms with Crippen molar-refractivity contribution in [2.75, 3.05) is 5.32 Å². The van der Waals surface area contributed by atoms with Crippen LogP contribution in [0.3, 0.4) is 0 Å². The van der Waals surface area contributed by atoms with Gasteiger partial charge in [0.05, 0.1) is 11.4 Å². The number of carbonyl (C=O) groups is 1. The van der Waals surface area contributed by atoms with E-state index in [2.05, 4.69) is 20.7 Å². The molecule has 0 radical (unpaired) electrons. The van der Waals surface area contributed by atoms with Crippen molar-refractivity contribution in [1.29, 1.82) is 0 Å². The number of pyridine rings is 1. The Morgan fingerprint density at radius 2 is 1.90 bits per heavy atom. The largest absolute Gasteiger partial charge is 0.354 e. The van der Waals surface area contributed by atoms with Crippen LogP contribution >= 0.6 is 0 Å². The van der Waals surface area contributed by atoms with Crippen molar-refractivity contribution in [3.63, 3.8) is 0 Å². The molecule has 5 heterocycles. The molecule has 11 heteroatoms. The van der Waals surface area contributed by atoms with Gasteiger partial charge < -0.3 is 16.4 Å². The summed E-state index contributed by atoms with van der Waals surface area (Å²) in [7, 11) is 0. The monoisotopic (exact) mass is 568 g/mol. The highest BCUT2D eigenvalue weighted by atomic mass is 19.1. The predicted octanol–water partition coefficient (Wildman–Crippen LogP) is 4.63. The van der Waals surface area contributed by atoms with E-state index in [9.17, 15) is 9.59 Å². The number of amides is 1. The lowest BCUT2D eigenvalue weighted by Gasteiger charge is -2.25. The summed E-state index contributed by atoms with van der Waals surface area (Å²) in [6.07, 6.45) is 10.7. The average Bonchev–Trinajstić information content (AvgIpc) is 3.54. The van der Waals surface area contributed by atoms with Crippen LogP contribution in [0, 0.1) is 5.82 Å². The number of nitrogens with two attached hydrogens (primary N) is 1. The first-order chi connectivity index (χ1) is 20.5. The fourth-order valence-corrected chi connectivity index (χ4v) is 6.69. The third-order valence-electron chi connectivity index (χ3n) is 8.68. The van der Waals surface area contributed by atoms with E-state index in [1.54, 1.807) is 42.9 Å². The van der Waals surface area contributed by atoms with Gasteiger partial charge in [-0.2, -0.15) is 9.78 Å². The van der Waals surface area contributed by atoms with E-state index in [0.29, 0.717) is 47.2 Å². The number of carbonyl (C=O) groups excluding carboxylic acids is 1. The zero-order chi connectivity index (χ0) is 28.8. The zero-order valence-corrected chi connectivity index (χ0v) is 23.2. The lowest BCUT2D eigenvalue weighted by Crippen LogP contribution is -2.33. The number of anilines is 1. The zero-order valence-electron chi connectivity index (χ0n) is 23.2. The van der Waals surface area contributed by atoms with Gasteiger partial charge in [0.1, 0.15) is 23.9 Å². The minimum atomic E-state index is -0.561. The maximum absolute atomic E-state index is 15.8. The molecule has 1 fully saturated rings. The minimum Gasteiger partial charge on any atom is -0.354 e. The molecule has 1 aromatic carbocycles. The Hall–Kier alpha value is -4.51. The van der Waals surface area contributed by atoms with Crippen LogP contribution in [0.5, 0.6) is 0 Å². The number of hydrogen-bond donors (Lipinski definition) is 3. The Morgan fingerprint density at radius 3 is 2.69 bits per heavy atom. The molecule has 3 aliphatic rings. The van der Waals surface area contributed by atoms with Gasteiger partial charge in [0, 0.05) is 41.2 Å². The Morgan fingerprint density at radius 1 is 1.05 bits per heavy atom. The van der Waals surface area contributed by atoms with Crippen LogP contribution in [0.4, 0.5) is 10.1 Å². The summed E-state index contributed by atoms with van der Waals surface area (Å²) in [5, 5.41) is 10.3. The van der Waals surface area contributed by atoms with Gasteiger partial charge in [0.15, 0.2) is 5.82 Å². The molecule has 0 spiro atoms. The second kappa shape index (κ2) is 10.7. The van der Waals surface area contributed by atoms with Gasteiger partial charge in [-0.15, -0.1) is 0 Å².